The number of aromatic hydroxyl groups is 1. The quantitative estimate of drug-likeness (QED) is 0.433. The lowest BCUT2D eigenvalue weighted by molar-refractivity contribution is -0.138. The van der Waals surface area contributed by atoms with E-state index in [1.165, 1.54) is 32.2 Å². The van der Waals surface area contributed by atoms with Crippen LogP contribution in [0.15, 0.2) is 36.5 Å². The van der Waals surface area contributed by atoms with E-state index in [-0.39, 0.29) is 28.3 Å². The van der Waals surface area contributed by atoms with Crippen LogP contribution in [-0.4, -0.2) is 33.5 Å². The Labute approximate surface area is 155 Å². The van der Waals surface area contributed by atoms with Gasteiger partial charge in [0.1, 0.15) is 17.5 Å². The number of pyridine rings is 1. The first-order valence-corrected chi connectivity index (χ1v) is 9.42. The molecule has 0 saturated carbocycles. The molecular formula is C17H19N2O7P. The van der Waals surface area contributed by atoms with E-state index >= 15 is 0 Å². The highest BCUT2D eigenvalue weighted by Crippen LogP contribution is 2.46. The van der Waals surface area contributed by atoms with E-state index in [0.717, 1.165) is 0 Å². The van der Waals surface area contributed by atoms with Crippen LogP contribution in [0.1, 0.15) is 28.5 Å². The number of aromatic nitrogens is 1. The van der Waals surface area contributed by atoms with Gasteiger partial charge in [-0.05, 0) is 26.0 Å². The Hall–Kier alpha value is -2.74. The summed E-state index contributed by atoms with van der Waals surface area (Å²) in [5.74, 6) is -1.36. The fraction of sp³-hybridized carbons (Fsp3) is 0.235. The Morgan fingerprint density at radius 3 is 2.63 bits per heavy atom. The molecule has 144 valence electrons. The molecule has 2 atom stereocenters. The van der Waals surface area contributed by atoms with Crippen molar-refractivity contribution in [1.29, 1.82) is 0 Å². The number of nitrogens with one attached hydrogen (secondary N) is 1. The van der Waals surface area contributed by atoms with Crippen LogP contribution >= 0.6 is 7.75 Å². The molecular weight excluding hydrogens is 375 g/mol. The van der Waals surface area contributed by atoms with Crippen LogP contribution in [0.3, 0.4) is 0 Å². The topological polar surface area (TPSA) is 135 Å². The van der Waals surface area contributed by atoms with Crippen LogP contribution in [0, 0.1) is 6.92 Å². The molecule has 1 aromatic carbocycles. The van der Waals surface area contributed by atoms with Crippen LogP contribution in [0.2, 0.25) is 0 Å². The maximum absolute atomic E-state index is 13.0. The molecule has 2 rings (SSSR count). The minimum absolute atomic E-state index is 0.0555. The molecule has 3 N–H and O–H groups in total. The smallest absolute Gasteiger partial charge is 0.459 e. The van der Waals surface area contributed by atoms with Gasteiger partial charge in [0.05, 0.1) is 17.9 Å². The molecule has 10 heteroatoms. The molecule has 27 heavy (non-hydrogen) atoms. The number of benzene rings is 1. The Morgan fingerprint density at radius 2 is 2.04 bits per heavy atom. The number of carbonyl (C=O) groups excluding carboxylic acids is 1. The Morgan fingerprint density at radius 1 is 1.37 bits per heavy atom. The first-order chi connectivity index (χ1) is 12.8. The predicted molar refractivity (Wildman–Crippen MR) is 95.7 cm³/mol. The lowest BCUT2D eigenvalue weighted by Crippen LogP contribution is -2.33. The first-order valence-electron chi connectivity index (χ1n) is 7.88. The maximum atomic E-state index is 13.0. The van der Waals surface area contributed by atoms with Crippen molar-refractivity contribution in [3.05, 3.63) is 53.3 Å². The molecule has 2 aromatic rings. The van der Waals surface area contributed by atoms with Crippen molar-refractivity contribution in [2.75, 3.05) is 0 Å². The summed E-state index contributed by atoms with van der Waals surface area (Å²) >= 11 is 0. The van der Waals surface area contributed by atoms with Gasteiger partial charge < -0.3 is 14.7 Å². The highest BCUT2D eigenvalue weighted by atomic mass is 31.2. The normalized spacial score (nSPS) is 14.1. The molecule has 9 nitrogen and oxygen atoms in total. The number of aliphatic carboxylic acids is 1. The highest BCUT2D eigenvalue weighted by molar-refractivity contribution is 7.52. The lowest BCUT2D eigenvalue weighted by Gasteiger charge is -2.22. The second kappa shape index (κ2) is 8.77. The molecule has 0 aliphatic carbocycles. The summed E-state index contributed by atoms with van der Waals surface area (Å²) in [6.45, 7) is 2.40. The van der Waals surface area contributed by atoms with Gasteiger partial charge in [0.25, 0.3) is 0 Å². The van der Waals surface area contributed by atoms with Gasteiger partial charge in [0.2, 0.25) is 0 Å². The Kier molecular flexibility index (Phi) is 6.68. The van der Waals surface area contributed by atoms with Gasteiger partial charge in [-0.3, -0.25) is 19.1 Å². The second-order valence-corrected chi connectivity index (χ2v) is 7.31. The molecule has 1 aromatic heterocycles. The van der Waals surface area contributed by atoms with E-state index in [0.29, 0.717) is 6.29 Å². The van der Waals surface area contributed by atoms with Crippen LogP contribution in [-0.2, 0) is 20.5 Å². The van der Waals surface area contributed by atoms with Crippen LogP contribution in [0.4, 0.5) is 0 Å². The van der Waals surface area contributed by atoms with Crippen LogP contribution in [0.25, 0.3) is 0 Å². The zero-order valence-corrected chi connectivity index (χ0v) is 15.6. The van der Waals surface area contributed by atoms with Crippen molar-refractivity contribution in [3.8, 4) is 11.5 Å². The number of hydrogen-bond acceptors (Lipinski definition) is 7. The summed E-state index contributed by atoms with van der Waals surface area (Å²) in [7, 11) is -4.13. The molecule has 0 spiro atoms. The van der Waals surface area contributed by atoms with Gasteiger partial charge in [-0.2, -0.15) is 5.09 Å². The zero-order valence-electron chi connectivity index (χ0n) is 14.7. The predicted octanol–water partition coefficient (Wildman–Crippen LogP) is 2.67. The highest BCUT2D eigenvalue weighted by Gasteiger charge is 2.32. The molecule has 0 fully saturated rings. The van der Waals surface area contributed by atoms with E-state index < -0.39 is 26.4 Å². The number of aryl methyl sites for hydroxylation is 1. The Balaban J connectivity index is 2.27. The van der Waals surface area contributed by atoms with Crippen molar-refractivity contribution in [2.45, 2.75) is 26.5 Å². The standard InChI is InChI=1S/C17H19N2O7P/c1-11-16(21)15(9-20)13(8-18-11)10-25-27(24,19-12(2)17(22)23)26-14-6-4-3-5-7-14/h3-9,12,21H,10H2,1-2H3,(H,19,24)(H,22,23)/t12?,27-/m0/s1. The van der Waals surface area contributed by atoms with Gasteiger partial charge in [-0.25, -0.2) is 4.57 Å². The van der Waals surface area contributed by atoms with E-state index in [2.05, 4.69) is 10.1 Å². The summed E-state index contributed by atoms with van der Waals surface area (Å²) in [6, 6.07) is 6.84. The van der Waals surface area contributed by atoms with Crippen LogP contribution < -0.4 is 9.61 Å². The molecule has 1 heterocycles. The number of para-hydroxylation sites is 1. The van der Waals surface area contributed by atoms with Gasteiger partial charge in [-0.1, -0.05) is 18.2 Å². The number of nitrogens with zero attached hydrogens (tertiary/aromatic N) is 1. The minimum atomic E-state index is -4.13. The largest absolute Gasteiger partial charge is 0.505 e. The number of aldehydes is 1. The second-order valence-electron chi connectivity index (χ2n) is 5.61. The SMILES string of the molecule is Cc1ncc(CO[P@@](=O)(NC(C)C(=O)O)Oc2ccccc2)c(C=O)c1O. The summed E-state index contributed by atoms with van der Waals surface area (Å²) in [5, 5.41) is 21.3. The first kappa shape index (κ1) is 20.6. The summed E-state index contributed by atoms with van der Waals surface area (Å²) in [4.78, 5) is 26.3. The van der Waals surface area contributed by atoms with E-state index in [1.54, 1.807) is 18.2 Å². The Bertz CT molecular complexity index is 873. The van der Waals surface area contributed by atoms with E-state index in [4.69, 9.17) is 14.2 Å². The van der Waals surface area contributed by atoms with Crippen molar-refractivity contribution < 1.29 is 33.4 Å². The molecule has 0 bridgehead atoms. The number of hydrogen-bond donors (Lipinski definition) is 3. The number of rotatable bonds is 9. The van der Waals surface area contributed by atoms with Crippen molar-refractivity contribution >= 4 is 20.0 Å². The van der Waals surface area contributed by atoms with Crippen molar-refractivity contribution in [1.82, 2.24) is 10.1 Å². The van der Waals surface area contributed by atoms with Gasteiger partial charge in [-0.15, -0.1) is 0 Å². The monoisotopic (exact) mass is 394 g/mol. The van der Waals surface area contributed by atoms with E-state index in [1.807, 2.05) is 0 Å². The number of carboxylic acid groups (broad SMARTS) is 1. The van der Waals surface area contributed by atoms with Gasteiger partial charge in [0, 0.05) is 11.8 Å². The van der Waals surface area contributed by atoms with Gasteiger partial charge >= 0.3 is 13.7 Å². The average Bonchev–Trinajstić information content (AvgIpc) is 2.63. The van der Waals surface area contributed by atoms with E-state index in [9.17, 15) is 19.3 Å². The third-order valence-electron chi connectivity index (χ3n) is 3.56. The van der Waals surface area contributed by atoms with Crippen LogP contribution in [0.5, 0.6) is 11.5 Å². The minimum Gasteiger partial charge on any atom is -0.505 e. The number of carbonyl (C=O) groups is 2. The van der Waals surface area contributed by atoms with Crippen molar-refractivity contribution in [3.63, 3.8) is 0 Å². The fourth-order valence-corrected chi connectivity index (χ4v) is 3.53. The molecule has 0 aliphatic rings. The molecule has 0 aliphatic heterocycles. The summed E-state index contributed by atoms with van der Waals surface area (Å²) in [5.41, 5.74) is 0.372. The molecule has 1 unspecified atom stereocenters. The van der Waals surface area contributed by atoms with Crippen molar-refractivity contribution in [2.24, 2.45) is 0 Å². The summed E-state index contributed by atoms with van der Waals surface area (Å²) < 4.78 is 23.7. The number of carboxylic acids is 1. The summed E-state index contributed by atoms with van der Waals surface area (Å²) in [6.07, 6.45) is 1.73. The third kappa shape index (κ3) is 5.37. The average molecular weight is 394 g/mol. The zero-order chi connectivity index (χ0) is 20.0. The molecule has 0 saturated heterocycles. The maximum Gasteiger partial charge on any atom is 0.459 e. The molecule has 0 radical (unpaired) electrons. The third-order valence-corrected chi connectivity index (χ3v) is 5.18. The van der Waals surface area contributed by atoms with Gasteiger partial charge in [0.15, 0.2) is 6.29 Å². The lowest BCUT2D eigenvalue weighted by atomic mass is 10.1. The fourth-order valence-electron chi connectivity index (χ4n) is 2.06. The molecule has 0 amide bonds.